The Labute approximate surface area is 262 Å². The van der Waals surface area contributed by atoms with Crippen molar-refractivity contribution in [2.75, 3.05) is 31.1 Å². The molecular formula is C35H54FN3O5. The van der Waals surface area contributed by atoms with Crippen molar-refractivity contribution in [3.63, 3.8) is 0 Å². The first-order valence-corrected chi connectivity index (χ1v) is 17.1. The number of hydrogen-bond donors (Lipinski definition) is 3. The summed E-state index contributed by atoms with van der Waals surface area (Å²) in [5.41, 5.74) is 0.159. The van der Waals surface area contributed by atoms with E-state index < -0.39 is 23.2 Å². The largest absolute Gasteiger partial charge is 0.481 e. The van der Waals surface area contributed by atoms with Crippen LogP contribution in [0.5, 0.6) is 0 Å². The van der Waals surface area contributed by atoms with E-state index in [0.29, 0.717) is 30.7 Å². The predicted molar refractivity (Wildman–Crippen MR) is 176 cm³/mol. The van der Waals surface area contributed by atoms with Gasteiger partial charge in [0.15, 0.2) is 0 Å². The molecule has 0 amide bonds. The first kappa shape index (κ1) is 35.5. The minimum atomic E-state index is -1.28. The SMILES string of the molecule is CCCCCCCCCCCCCCCCCC(=O)O.O=C(O)c1cn(C2CC2)c2cc(N3CCNCC3)c(F)cc2c1=O. The van der Waals surface area contributed by atoms with Crippen molar-refractivity contribution in [3.8, 4) is 0 Å². The van der Waals surface area contributed by atoms with Crippen LogP contribution in [0.1, 0.15) is 139 Å². The molecule has 9 heteroatoms. The second-order valence-corrected chi connectivity index (χ2v) is 12.5. The number of benzene rings is 1. The second kappa shape index (κ2) is 19.4. The van der Waals surface area contributed by atoms with E-state index in [9.17, 15) is 23.9 Å². The lowest BCUT2D eigenvalue weighted by Crippen LogP contribution is -2.43. The third-order valence-electron chi connectivity index (χ3n) is 8.72. The topological polar surface area (TPSA) is 112 Å². The lowest BCUT2D eigenvalue weighted by Gasteiger charge is -2.30. The average molecular weight is 616 g/mol. The number of aromatic carboxylic acids is 1. The van der Waals surface area contributed by atoms with Gasteiger partial charge in [-0.2, -0.15) is 0 Å². The van der Waals surface area contributed by atoms with E-state index in [1.807, 2.05) is 9.47 Å². The highest BCUT2D eigenvalue weighted by molar-refractivity contribution is 5.93. The number of aromatic nitrogens is 1. The minimum Gasteiger partial charge on any atom is -0.481 e. The van der Waals surface area contributed by atoms with Crippen LogP contribution in [0.3, 0.4) is 0 Å². The molecule has 1 saturated carbocycles. The van der Waals surface area contributed by atoms with E-state index >= 15 is 0 Å². The van der Waals surface area contributed by atoms with Crippen LogP contribution in [0.15, 0.2) is 23.1 Å². The molecule has 3 N–H and O–H groups in total. The quantitative estimate of drug-likeness (QED) is 0.138. The first-order valence-electron chi connectivity index (χ1n) is 17.1. The van der Waals surface area contributed by atoms with Crippen molar-refractivity contribution in [1.82, 2.24) is 9.88 Å². The van der Waals surface area contributed by atoms with Crippen LogP contribution < -0.4 is 15.6 Å². The maximum atomic E-state index is 14.6. The molecule has 44 heavy (non-hydrogen) atoms. The predicted octanol–water partition coefficient (Wildman–Crippen LogP) is 7.92. The van der Waals surface area contributed by atoms with Gasteiger partial charge >= 0.3 is 11.9 Å². The molecule has 2 aromatic rings. The summed E-state index contributed by atoms with van der Waals surface area (Å²) in [7, 11) is 0. The van der Waals surface area contributed by atoms with Crippen molar-refractivity contribution in [2.24, 2.45) is 0 Å². The summed E-state index contributed by atoms with van der Waals surface area (Å²) < 4.78 is 16.4. The normalized spacial score (nSPS) is 14.8. The highest BCUT2D eigenvalue weighted by Crippen LogP contribution is 2.38. The Bertz CT molecular complexity index is 1240. The van der Waals surface area contributed by atoms with E-state index in [2.05, 4.69) is 12.2 Å². The summed E-state index contributed by atoms with van der Waals surface area (Å²) in [6.45, 7) is 5.23. The first-order chi connectivity index (χ1) is 21.3. The van der Waals surface area contributed by atoms with Crippen LogP contribution in [0, 0.1) is 5.82 Å². The molecule has 1 saturated heterocycles. The van der Waals surface area contributed by atoms with E-state index in [-0.39, 0.29) is 17.0 Å². The summed E-state index contributed by atoms with van der Waals surface area (Å²) in [4.78, 5) is 36.0. The summed E-state index contributed by atoms with van der Waals surface area (Å²) in [6.07, 6.45) is 23.5. The fourth-order valence-corrected chi connectivity index (χ4v) is 5.96. The van der Waals surface area contributed by atoms with Gasteiger partial charge < -0.3 is 25.0 Å². The third kappa shape index (κ3) is 11.9. The summed E-state index contributed by atoms with van der Waals surface area (Å²) in [5.74, 6) is -2.41. The number of carboxylic acids is 2. The Kier molecular flexibility index (Phi) is 15.7. The number of unbranched alkanes of at least 4 members (excludes halogenated alkanes) is 14. The van der Waals surface area contributed by atoms with Crippen LogP contribution in [-0.4, -0.2) is 52.9 Å². The van der Waals surface area contributed by atoms with Gasteiger partial charge in [-0.1, -0.05) is 96.8 Å². The molecule has 0 spiro atoms. The van der Waals surface area contributed by atoms with E-state index in [1.165, 1.54) is 95.7 Å². The van der Waals surface area contributed by atoms with Gasteiger partial charge in [0.05, 0.1) is 11.2 Å². The molecule has 1 aromatic carbocycles. The zero-order valence-electron chi connectivity index (χ0n) is 26.8. The Morgan fingerprint density at radius 3 is 1.84 bits per heavy atom. The number of anilines is 1. The molecule has 1 aromatic heterocycles. The Morgan fingerprint density at radius 2 is 1.36 bits per heavy atom. The van der Waals surface area contributed by atoms with Crippen molar-refractivity contribution in [3.05, 3.63) is 39.9 Å². The molecule has 1 aliphatic heterocycles. The molecular weight excluding hydrogens is 561 g/mol. The number of carbonyl (C=O) groups is 2. The smallest absolute Gasteiger partial charge is 0.341 e. The van der Waals surface area contributed by atoms with Gasteiger partial charge in [0.2, 0.25) is 5.43 Å². The molecule has 2 aliphatic rings. The number of carboxylic acid groups (broad SMARTS) is 2. The summed E-state index contributed by atoms with van der Waals surface area (Å²) in [6, 6.07) is 3.08. The van der Waals surface area contributed by atoms with Gasteiger partial charge in [-0.05, 0) is 31.4 Å². The van der Waals surface area contributed by atoms with Crippen molar-refractivity contribution >= 4 is 28.5 Å². The number of nitrogens with one attached hydrogen (secondary N) is 1. The number of rotatable bonds is 19. The Balaban J connectivity index is 0.000000246. The van der Waals surface area contributed by atoms with Crippen molar-refractivity contribution in [2.45, 2.75) is 129 Å². The zero-order chi connectivity index (χ0) is 31.7. The minimum absolute atomic E-state index is 0.137. The van der Waals surface area contributed by atoms with Crippen LogP contribution in [-0.2, 0) is 4.79 Å². The highest BCUT2D eigenvalue weighted by Gasteiger charge is 2.28. The fraction of sp³-hybridized carbons (Fsp3) is 0.686. The molecule has 0 radical (unpaired) electrons. The lowest BCUT2D eigenvalue weighted by molar-refractivity contribution is -0.137. The average Bonchev–Trinajstić information content (AvgIpc) is 3.85. The number of nitrogens with zero attached hydrogens (tertiary/aromatic N) is 2. The molecule has 246 valence electrons. The molecule has 4 rings (SSSR count). The molecule has 2 heterocycles. The van der Waals surface area contributed by atoms with Gasteiger partial charge in [0.25, 0.3) is 0 Å². The monoisotopic (exact) mass is 615 g/mol. The fourth-order valence-electron chi connectivity index (χ4n) is 5.96. The maximum absolute atomic E-state index is 14.6. The molecule has 0 bridgehead atoms. The van der Waals surface area contributed by atoms with E-state index in [4.69, 9.17) is 5.11 Å². The van der Waals surface area contributed by atoms with Crippen molar-refractivity contribution < 1.29 is 24.2 Å². The number of aliphatic carboxylic acids is 1. The summed E-state index contributed by atoms with van der Waals surface area (Å²) >= 11 is 0. The maximum Gasteiger partial charge on any atom is 0.341 e. The number of fused-ring (bicyclic) bond motifs is 1. The van der Waals surface area contributed by atoms with Gasteiger partial charge in [-0.25, -0.2) is 9.18 Å². The van der Waals surface area contributed by atoms with E-state index in [1.54, 1.807) is 6.07 Å². The lowest BCUT2D eigenvalue weighted by atomic mass is 10.0. The van der Waals surface area contributed by atoms with Crippen LogP contribution in [0.2, 0.25) is 0 Å². The van der Waals surface area contributed by atoms with Crippen LogP contribution in [0.4, 0.5) is 10.1 Å². The van der Waals surface area contributed by atoms with Gasteiger partial charge in [-0.15, -0.1) is 0 Å². The molecule has 8 nitrogen and oxygen atoms in total. The van der Waals surface area contributed by atoms with Gasteiger partial charge in [0.1, 0.15) is 11.4 Å². The summed E-state index contributed by atoms with van der Waals surface area (Å²) in [5, 5.41) is 21.1. The molecule has 0 atom stereocenters. The second-order valence-electron chi connectivity index (χ2n) is 12.5. The Morgan fingerprint density at radius 1 is 0.841 bits per heavy atom. The standard InChI is InChI=1S/C18H36O2.C17H18FN3O3/c1-2-3-4-5-6-7-8-9-10-11-12-13-14-15-16-17-18(19)20;18-13-7-11-14(8-15(13)20-5-3-19-4-6-20)21(10-1-2-10)9-12(16(11)22)17(23)24/h2-17H2,1H3,(H,19,20);7-10,19H,1-6H2,(H,23,24). The number of piperazine rings is 1. The third-order valence-corrected chi connectivity index (χ3v) is 8.72. The highest BCUT2D eigenvalue weighted by atomic mass is 19.1. The van der Waals surface area contributed by atoms with Gasteiger partial charge in [0, 0.05) is 50.2 Å². The Hall–Kier alpha value is -2.94. The van der Waals surface area contributed by atoms with Crippen LogP contribution >= 0.6 is 0 Å². The number of halogens is 1. The van der Waals surface area contributed by atoms with Gasteiger partial charge in [-0.3, -0.25) is 9.59 Å². The van der Waals surface area contributed by atoms with Crippen LogP contribution in [0.25, 0.3) is 10.9 Å². The number of hydrogen-bond acceptors (Lipinski definition) is 5. The molecule has 2 fully saturated rings. The zero-order valence-corrected chi connectivity index (χ0v) is 26.8. The number of pyridine rings is 1. The van der Waals surface area contributed by atoms with Crippen molar-refractivity contribution in [1.29, 1.82) is 0 Å². The molecule has 1 aliphatic carbocycles. The molecule has 0 unspecified atom stereocenters. The van der Waals surface area contributed by atoms with E-state index in [0.717, 1.165) is 38.8 Å².